The van der Waals surface area contributed by atoms with Crippen LogP contribution in [-0.2, 0) is 0 Å². The Hall–Kier alpha value is -1.79. The highest BCUT2D eigenvalue weighted by Gasteiger charge is 2.30. The molecule has 1 saturated heterocycles. The molecule has 1 atom stereocenters. The predicted molar refractivity (Wildman–Crippen MR) is 99.5 cm³/mol. The van der Waals surface area contributed by atoms with Crippen molar-refractivity contribution < 1.29 is 9.18 Å². The van der Waals surface area contributed by atoms with Crippen LogP contribution in [-0.4, -0.2) is 53.9 Å². The molecule has 1 amide bonds. The molecule has 134 valence electrons. The molecule has 6 heteroatoms. The first kappa shape index (κ1) is 18.0. The Morgan fingerprint density at radius 1 is 1.32 bits per heavy atom. The van der Waals surface area contributed by atoms with Crippen LogP contribution in [0.2, 0.25) is 0 Å². The molecule has 4 nitrogen and oxygen atoms in total. The second-order valence-corrected chi connectivity index (χ2v) is 7.85. The maximum absolute atomic E-state index is 13.1. The van der Waals surface area contributed by atoms with Crippen molar-refractivity contribution in [2.24, 2.45) is 0 Å². The van der Waals surface area contributed by atoms with Gasteiger partial charge in [-0.1, -0.05) is 0 Å². The van der Waals surface area contributed by atoms with Crippen molar-refractivity contribution in [1.29, 1.82) is 0 Å². The lowest BCUT2D eigenvalue weighted by Crippen LogP contribution is -2.48. The molecule has 0 N–H and O–H groups in total. The van der Waals surface area contributed by atoms with E-state index in [1.54, 1.807) is 12.1 Å². The van der Waals surface area contributed by atoms with Crippen LogP contribution in [0.25, 0.3) is 10.6 Å². The standard InChI is InChI=1S/C19H24FN3OS/c1-13-17(25-18(21-13)14-7-9-15(20)10-8-14)19(24)23-11-5-4-6-16(23)12-22(2)3/h7-10,16H,4-6,11-12H2,1-3H3/t16-/m1/s1. The van der Waals surface area contributed by atoms with Crippen molar-refractivity contribution in [1.82, 2.24) is 14.8 Å². The number of carbonyl (C=O) groups is 1. The number of halogens is 1. The average molecular weight is 361 g/mol. The topological polar surface area (TPSA) is 36.4 Å². The van der Waals surface area contributed by atoms with E-state index in [0.29, 0.717) is 4.88 Å². The second-order valence-electron chi connectivity index (χ2n) is 6.85. The lowest BCUT2D eigenvalue weighted by molar-refractivity contribution is 0.0579. The highest BCUT2D eigenvalue weighted by molar-refractivity contribution is 7.17. The molecule has 1 aliphatic heterocycles. The van der Waals surface area contributed by atoms with Gasteiger partial charge in [0.1, 0.15) is 15.7 Å². The maximum atomic E-state index is 13.1. The average Bonchev–Trinajstić information content (AvgIpc) is 2.96. The fourth-order valence-corrected chi connectivity index (χ4v) is 4.35. The Morgan fingerprint density at radius 3 is 2.72 bits per heavy atom. The summed E-state index contributed by atoms with van der Waals surface area (Å²) < 4.78 is 13.1. The number of piperidine rings is 1. The third kappa shape index (κ3) is 4.07. The molecular weight excluding hydrogens is 337 g/mol. The SMILES string of the molecule is Cc1nc(-c2ccc(F)cc2)sc1C(=O)N1CCCC[C@@H]1CN(C)C. The molecule has 2 heterocycles. The Balaban J connectivity index is 1.85. The first-order chi connectivity index (χ1) is 12.0. The van der Waals surface area contributed by atoms with Gasteiger partial charge in [0.05, 0.1) is 5.69 Å². The number of nitrogens with zero attached hydrogens (tertiary/aromatic N) is 3. The monoisotopic (exact) mass is 361 g/mol. The van der Waals surface area contributed by atoms with Gasteiger partial charge in [-0.3, -0.25) is 4.79 Å². The fraction of sp³-hybridized carbons (Fsp3) is 0.474. The van der Waals surface area contributed by atoms with Gasteiger partial charge in [0.25, 0.3) is 5.91 Å². The van der Waals surface area contributed by atoms with E-state index in [2.05, 4.69) is 9.88 Å². The van der Waals surface area contributed by atoms with E-state index in [0.717, 1.165) is 42.2 Å². The number of aromatic nitrogens is 1. The number of rotatable bonds is 4. The van der Waals surface area contributed by atoms with Gasteiger partial charge in [-0.05, 0) is 64.5 Å². The zero-order chi connectivity index (χ0) is 18.0. The number of carbonyl (C=O) groups excluding carboxylic acids is 1. The summed E-state index contributed by atoms with van der Waals surface area (Å²) in [5.41, 5.74) is 1.60. The van der Waals surface area contributed by atoms with Gasteiger partial charge in [-0.25, -0.2) is 9.37 Å². The number of likely N-dealkylation sites (N-methyl/N-ethyl adjacent to an activating group) is 1. The number of hydrogen-bond acceptors (Lipinski definition) is 4. The van der Waals surface area contributed by atoms with E-state index < -0.39 is 0 Å². The predicted octanol–water partition coefficient (Wildman–Crippen LogP) is 3.81. The number of likely N-dealkylation sites (tertiary alicyclic amines) is 1. The van der Waals surface area contributed by atoms with E-state index >= 15 is 0 Å². The van der Waals surface area contributed by atoms with Gasteiger partial charge in [0.15, 0.2) is 0 Å². The number of benzene rings is 1. The summed E-state index contributed by atoms with van der Waals surface area (Å²) in [6, 6.07) is 6.51. The summed E-state index contributed by atoms with van der Waals surface area (Å²) >= 11 is 1.40. The lowest BCUT2D eigenvalue weighted by Gasteiger charge is -2.37. The number of thiazole rings is 1. The van der Waals surface area contributed by atoms with Crippen molar-refractivity contribution >= 4 is 17.2 Å². The molecule has 0 spiro atoms. The van der Waals surface area contributed by atoms with E-state index in [9.17, 15) is 9.18 Å². The van der Waals surface area contributed by atoms with Crippen LogP contribution in [0.15, 0.2) is 24.3 Å². The van der Waals surface area contributed by atoms with Gasteiger partial charge >= 0.3 is 0 Å². The van der Waals surface area contributed by atoms with Crippen molar-refractivity contribution in [2.75, 3.05) is 27.2 Å². The summed E-state index contributed by atoms with van der Waals surface area (Å²) in [5.74, 6) is -0.192. The van der Waals surface area contributed by atoms with E-state index in [4.69, 9.17) is 0 Å². The maximum Gasteiger partial charge on any atom is 0.266 e. The van der Waals surface area contributed by atoms with Gasteiger partial charge in [-0.15, -0.1) is 11.3 Å². The number of hydrogen-bond donors (Lipinski definition) is 0. The van der Waals surface area contributed by atoms with Gasteiger partial charge in [-0.2, -0.15) is 0 Å². The smallest absolute Gasteiger partial charge is 0.266 e. The molecule has 25 heavy (non-hydrogen) atoms. The van der Waals surface area contributed by atoms with Crippen molar-refractivity contribution in [2.45, 2.75) is 32.2 Å². The molecule has 1 aliphatic rings. The van der Waals surface area contributed by atoms with Crippen LogP contribution in [0, 0.1) is 12.7 Å². The Bertz CT molecular complexity index is 742. The summed E-state index contributed by atoms with van der Waals surface area (Å²) in [5, 5.41) is 0.766. The second kappa shape index (κ2) is 7.62. The highest BCUT2D eigenvalue weighted by atomic mass is 32.1. The van der Waals surface area contributed by atoms with Crippen LogP contribution in [0.5, 0.6) is 0 Å². The van der Waals surface area contributed by atoms with Crippen LogP contribution in [0.4, 0.5) is 4.39 Å². The Morgan fingerprint density at radius 2 is 2.04 bits per heavy atom. The minimum Gasteiger partial charge on any atom is -0.334 e. The molecule has 3 rings (SSSR count). The molecule has 0 bridgehead atoms. The minimum atomic E-state index is -0.270. The normalized spacial score (nSPS) is 18.0. The van der Waals surface area contributed by atoms with Gasteiger partial charge < -0.3 is 9.80 Å². The summed E-state index contributed by atoms with van der Waals surface area (Å²) in [6.45, 7) is 3.57. The molecule has 1 aromatic carbocycles. The van der Waals surface area contributed by atoms with Gasteiger partial charge in [0.2, 0.25) is 0 Å². The van der Waals surface area contributed by atoms with E-state index in [-0.39, 0.29) is 17.8 Å². The zero-order valence-corrected chi connectivity index (χ0v) is 15.8. The van der Waals surface area contributed by atoms with E-state index in [1.807, 2.05) is 25.9 Å². The quantitative estimate of drug-likeness (QED) is 0.831. The largest absolute Gasteiger partial charge is 0.334 e. The molecule has 0 unspecified atom stereocenters. The van der Waals surface area contributed by atoms with Crippen LogP contribution in [0.1, 0.15) is 34.6 Å². The summed E-state index contributed by atoms with van der Waals surface area (Å²) in [6.07, 6.45) is 3.27. The van der Waals surface area contributed by atoms with Crippen molar-refractivity contribution in [3.05, 3.63) is 40.7 Å². The first-order valence-electron chi connectivity index (χ1n) is 8.65. The van der Waals surface area contributed by atoms with Crippen LogP contribution >= 0.6 is 11.3 Å². The summed E-state index contributed by atoms with van der Waals surface area (Å²) in [7, 11) is 4.09. The number of aryl methyl sites for hydroxylation is 1. The number of amides is 1. The van der Waals surface area contributed by atoms with E-state index in [1.165, 1.54) is 29.9 Å². The molecule has 1 aromatic heterocycles. The third-order valence-electron chi connectivity index (χ3n) is 4.55. The zero-order valence-electron chi connectivity index (χ0n) is 15.0. The third-order valence-corrected chi connectivity index (χ3v) is 5.74. The van der Waals surface area contributed by atoms with Crippen LogP contribution in [0.3, 0.4) is 0 Å². The highest BCUT2D eigenvalue weighted by Crippen LogP contribution is 2.30. The first-order valence-corrected chi connectivity index (χ1v) is 9.46. The molecule has 0 saturated carbocycles. The molecule has 2 aromatic rings. The molecule has 0 aliphatic carbocycles. The van der Waals surface area contributed by atoms with Crippen LogP contribution < -0.4 is 0 Å². The van der Waals surface area contributed by atoms with Gasteiger partial charge in [0, 0.05) is 24.7 Å². The van der Waals surface area contributed by atoms with Crippen molar-refractivity contribution in [3.63, 3.8) is 0 Å². The summed E-state index contributed by atoms with van der Waals surface area (Å²) in [4.78, 5) is 22.5. The fourth-order valence-electron chi connectivity index (χ4n) is 3.32. The molecule has 1 fully saturated rings. The lowest BCUT2D eigenvalue weighted by atomic mass is 10.0. The van der Waals surface area contributed by atoms with Crippen molar-refractivity contribution in [3.8, 4) is 10.6 Å². The minimum absolute atomic E-state index is 0.0786. The molecular formula is C19H24FN3OS. The Labute approximate surface area is 152 Å². The molecule has 0 radical (unpaired) electrons. The Kier molecular flexibility index (Phi) is 5.49.